The molecule has 0 saturated carbocycles. The van der Waals surface area contributed by atoms with Crippen LogP contribution in [-0.2, 0) is 4.79 Å². The third-order valence-electron chi connectivity index (χ3n) is 3.14. The van der Waals surface area contributed by atoms with Gasteiger partial charge in [0.2, 0.25) is 5.91 Å². The van der Waals surface area contributed by atoms with Gasteiger partial charge in [-0.05, 0) is 44.0 Å². The summed E-state index contributed by atoms with van der Waals surface area (Å²) in [6, 6.07) is 6.19. The van der Waals surface area contributed by atoms with Gasteiger partial charge in [0.05, 0.1) is 0 Å². The summed E-state index contributed by atoms with van der Waals surface area (Å²) in [6.45, 7) is 3.03. The molecule has 1 aliphatic rings. The summed E-state index contributed by atoms with van der Waals surface area (Å²) in [7, 11) is 0. The van der Waals surface area contributed by atoms with E-state index in [4.69, 9.17) is 0 Å². The largest absolute Gasteiger partial charge is 0.326 e. The molecule has 100 valence electrons. The Balaban J connectivity index is 0.00000162. The number of hydrogen-bond donors (Lipinski definition) is 2. The molecular formula is C13H18BrClN2O. The molecule has 1 aromatic carbocycles. The molecule has 1 atom stereocenters. The number of anilines is 1. The molecule has 1 saturated heterocycles. The topological polar surface area (TPSA) is 41.1 Å². The maximum atomic E-state index is 11.9. The summed E-state index contributed by atoms with van der Waals surface area (Å²) in [5, 5.41) is 6.30. The zero-order valence-electron chi connectivity index (χ0n) is 10.3. The molecule has 0 radical (unpaired) electrons. The standard InChI is InChI=1S/C13H17BrN2O.ClH/c1-9-11(14)5-2-6-12(9)16-13(17)8-10-4-3-7-15-10;/h2,5-6,10,15H,3-4,7-8H2,1H3,(H,16,17);1H. The number of amides is 1. The monoisotopic (exact) mass is 332 g/mol. The van der Waals surface area contributed by atoms with Gasteiger partial charge in [0, 0.05) is 22.6 Å². The number of hydrogen-bond acceptors (Lipinski definition) is 2. The lowest BCUT2D eigenvalue weighted by Crippen LogP contribution is -2.27. The zero-order chi connectivity index (χ0) is 12.3. The quantitative estimate of drug-likeness (QED) is 0.891. The first kappa shape index (κ1) is 15.5. The summed E-state index contributed by atoms with van der Waals surface area (Å²) in [4.78, 5) is 11.9. The van der Waals surface area contributed by atoms with E-state index in [2.05, 4.69) is 26.6 Å². The van der Waals surface area contributed by atoms with Crippen LogP contribution in [0.3, 0.4) is 0 Å². The molecule has 5 heteroatoms. The average molecular weight is 334 g/mol. The van der Waals surface area contributed by atoms with Gasteiger partial charge in [0.15, 0.2) is 0 Å². The molecule has 1 amide bonds. The van der Waals surface area contributed by atoms with Crippen LogP contribution in [-0.4, -0.2) is 18.5 Å². The van der Waals surface area contributed by atoms with Gasteiger partial charge >= 0.3 is 0 Å². The van der Waals surface area contributed by atoms with Gasteiger partial charge in [-0.3, -0.25) is 4.79 Å². The molecule has 2 N–H and O–H groups in total. The smallest absolute Gasteiger partial charge is 0.225 e. The van der Waals surface area contributed by atoms with E-state index >= 15 is 0 Å². The molecule has 3 nitrogen and oxygen atoms in total. The Morgan fingerprint density at radius 1 is 1.56 bits per heavy atom. The molecule has 1 aliphatic heterocycles. The van der Waals surface area contributed by atoms with E-state index in [0.717, 1.165) is 28.7 Å². The van der Waals surface area contributed by atoms with Crippen molar-refractivity contribution in [1.29, 1.82) is 0 Å². The van der Waals surface area contributed by atoms with E-state index in [1.807, 2.05) is 25.1 Å². The van der Waals surface area contributed by atoms with Crippen LogP contribution in [0.2, 0.25) is 0 Å². The van der Waals surface area contributed by atoms with Crippen LogP contribution in [0.15, 0.2) is 22.7 Å². The van der Waals surface area contributed by atoms with Crippen LogP contribution >= 0.6 is 28.3 Å². The molecule has 1 heterocycles. The minimum absolute atomic E-state index is 0. The lowest BCUT2D eigenvalue weighted by atomic mass is 10.1. The SMILES string of the molecule is Cc1c(Br)cccc1NC(=O)CC1CCCN1.Cl. The van der Waals surface area contributed by atoms with E-state index < -0.39 is 0 Å². The van der Waals surface area contributed by atoms with Crippen molar-refractivity contribution >= 4 is 39.9 Å². The van der Waals surface area contributed by atoms with Crippen molar-refractivity contribution in [1.82, 2.24) is 5.32 Å². The number of carbonyl (C=O) groups excluding carboxylic acids is 1. The minimum atomic E-state index is 0. The van der Waals surface area contributed by atoms with Gasteiger partial charge in [-0.15, -0.1) is 12.4 Å². The normalized spacial score (nSPS) is 18.2. The second-order valence-corrected chi connectivity index (χ2v) is 5.31. The molecule has 0 aliphatic carbocycles. The van der Waals surface area contributed by atoms with E-state index in [1.54, 1.807) is 0 Å². The number of halogens is 2. The van der Waals surface area contributed by atoms with Gasteiger partial charge in [0.25, 0.3) is 0 Å². The van der Waals surface area contributed by atoms with Crippen LogP contribution in [0.5, 0.6) is 0 Å². The van der Waals surface area contributed by atoms with Crippen molar-refractivity contribution in [2.75, 3.05) is 11.9 Å². The number of rotatable bonds is 3. The molecule has 1 fully saturated rings. The lowest BCUT2D eigenvalue weighted by Gasteiger charge is -2.12. The first-order valence-corrected chi connectivity index (χ1v) is 6.74. The van der Waals surface area contributed by atoms with Gasteiger partial charge < -0.3 is 10.6 Å². The highest BCUT2D eigenvalue weighted by atomic mass is 79.9. The lowest BCUT2D eigenvalue weighted by molar-refractivity contribution is -0.116. The highest BCUT2D eigenvalue weighted by Crippen LogP contribution is 2.23. The van der Waals surface area contributed by atoms with Crippen molar-refractivity contribution in [3.63, 3.8) is 0 Å². The highest BCUT2D eigenvalue weighted by Gasteiger charge is 2.18. The Labute approximate surface area is 122 Å². The van der Waals surface area contributed by atoms with E-state index in [-0.39, 0.29) is 18.3 Å². The third kappa shape index (κ3) is 3.97. The van der Waals surface area contributed by atoms with E-state index in [0.29, 0.717) is 12.5 Å². The average Bonchev–Trinajstić information content (AvgIpc) is 2.77. The number of nitrogens with one attached hydrogen (secondary N) is 2. The Hall–Kier alpha value is -0.580. The third-order valence-corrected chi connectivity index (χ3v) is 4.00. The predicted octanol–water partition coefficient (Wildman–Crippen LogP) is 3.26. The molecule has 18 heavy (non-hydrogen) atoms. The summed E-state index contributed by atoms with van der Waals surface area (Å²) < 4.78 is 1.02. The van der Waals surface area contributed by atoms with Crippen molar-refractivity contribution < 1.29 is 4.79 Å². The number of carbonyl (C=O) groups is 1. The number of benzene rings is 1. The van der Waals surface area contributed by atoms with Crippen molar-refractivity contribution in [3.8, 4) is 0 Å². The van der Waals surface area contributed by atoms with Crippen LogP contribution in [0, 0.1) is 6.92 Å². The summed E-state index contributed by atoms with van der Waals surface area (Å²) in [6.07, 6.45) is 2.84. The van der Waals surface area contributed by atoms with Crippen molar-refractivity contribution in [2.45, 2.75) is 32.2 Å². The fourth-order valence-corrected chi connectivity index (χ4v) is 2.47. The van der Waals surface area contributed by atoms with Crippen LogP contribution in [0.25, 0.3) is 0 Å². The predicted molar refractivity (Wildman–Crippen MR) is 80.4 cm³/mol. The minimum Gasteiger partial charge on any atom is -0.326 e. The van der Waals surface area contributed by atoms with Gasteiger partial charge in [0.1, 0.15) is 0 Å². The van der Waals surface area contributed by atoms with Crippen LogP contribution in [0.1, 0.15) is 24.8 Å². The van der Waals surface area contributed by atoms with Gasteiger partial charge in [-0.25, -0.2) is 0 Å². The van der Waals surface area contributed by atoms with Crippen molar-refractivity contribution in [3.05, 3.63) is 28.2 Å². The second-order valence-electron chi connectivity index (χ2n) is 4.46. The Bertz CT molecular complexity index is 419. The maximum Gasteiger partial charge on any atom is 0.225 e. The highest BCUT2D eigenvalue weighted by molar-refractivity contribution is 9.10. The van der Waals surface area contributed by atoms with Crippen LogP contribution < -0.4 is 10.6 Å². The van der Waals surface area contributed by atoms with Gasteiger partial charge in [-0.1, -0.05) is 22.0 Å². The maximum absolute atomic E-state index is 11.9. The second kappa shape index (κ2) is 7.12. The summed E-state index contributed by atoms with van der Waals surface area (Å²) in [5.41, 5.74) is 1.96. The molecular weight excluding hydrogens is 316 g/mol. The fourth-order valence-electron chi connectivity index (χ4n) is 2.10. The molecule has 0 aromatic heterocycles. The molecule has 1 unspecified atom stereocenters. The van der Waals surface area contributed by atoms with E-state index in [1.165, 1.54) is 6.42 Å². The molecule has 1 aromatic rings. The molecule has 0 spiro atoms. The van der Waals surface area contributed by atoms with Gasteiger partial charge in [-0.2, -0.15) is 0 Å². The van der Waals surface area contributed by atoms with E-state index in [9.17, 15) is 4.79 Å². The fraction of sp³-hybridized carbons (Fsp3) is 0.462. The molecule has 2 rings (SSSR count). The van der Waals surface area contributed by atoms with Crippen LogP contribution in [0.4, 0.5) is 5.69 Å². The first-order valence-electron chi connectivity index (χ1n) is 5.95. The summed E-state index contributed by atoms with van der Waals surface area (Å²) >= 11 is 3.46. The van der Waals surface area contributed by atoms with Crippen molar-refractivity contribution in [2.24, 2.45) is 0 Å². The zero-order valence-corrected chi connectivity index (χ0v) is 12.7. The Morgan fingerprint density at radius 2 is 2.33 bits per heavy atom. The summed E-state index contributed by atoms with van der Waals surface area (Å²) in [5.74, 6) is 0.0885. The first-order chi connectivity index (χ1) is 8.16. The Kier molecular flexibility index (Phi) is 6.12. The Morgan fingerprint density at radius 3 is 3.00 bits per heavy atom. The molecule has 0 bridgehead atoms.